The normalized spacial score (nSPS) is 15.2. The maximum absolute atomic E-state index is 9.10. The fourth-order valence-electron chi connectivity index (χ4n) is 5.03. The zero-order valence-electron chi connectivity index (χ0n) is 24.6. The van der Waals surface area contributed by atoms with Crippen LogP contribution in [-0.4, -0.2) is 88.5 Å². The van der Waals surface area contributed by atoms with E-state index in [2.05, 4.69) is 58.7 Å². The van der Waals surface area contributed by atoms with Crippen molar-refractivity contribution in [2.75, 3.05) is 39.3 Å². The van der Waals surface area contributed by atoms with Gasteiger partial charge in [-0.3, -0.25) is 0 Å². The lowest BCUT2D eigenvalue weighted by atomic mass is 9.93. The number of nitrogens with one attached hydrogen (secondary N) is 1. The maximum atomic E-state index is 9.10. The number of hydrogen-bond acceptors (Lipinski definition) is 7. The molecule has 0 atom stereocenters. The first-order chi connectivity index (χ1) is 20.7. The van der Waals surface area contributed by atoms with Crippen molar-refractivity contribution in [3.05, 3.63) is 54.1 Å². The Morgan fingerprint density at radius 3 is 1.74 bits per heavy atom. The minimum atomic E-state index is -1.82. The molecule has 11 heteroatoms. The van der Waals surface area contributed by atoms with Gasteiger partial charge in [0.05, 0.1) is 6.61 Å². The van der Waals surface area contributed by atoms with Crippen LogP contribution >= 0.6 is 0 Å². The van der Waals surface area contributed by atoms with E-state index in [4.69, 9.17) is 44.3 Å². The highest BCUT2D eigenvalue weighted by Gasteiger charge is 2.12. The molecule has 0 amide bonds. The Balaban J connectivity index is 0.000000455. The number of ether oxygens (including phenoxy) is 1. The summed E-state index contributed by atoms with van der Waals surface area (Å²) in [6, 6.07) is 17.8. The van der Waals surface area contributed by atoms with Gasteiger partial charge in [-0.1, -0.05) is 42.8 Å². The Morgan fingerprint density at radius 2 is 1.23 bits per heavy atom. The summed E-state index contributed by atoms with van der Waals surface area (Å²) in [6.45, 7) is 7.06. The Bertz CT molecular complexity index is 1080. The molecule has 2 aliphatic heterocycles. The van der Waals surface area contributed by atoms with Crippen molar-refractivity contribution in [1.29, 1.82) is 0 Å². The quantitative estimate of drug-likeness (QED) is 0.195. The van der Waals surface area contributed by atoms with Gasteiger partial charge in [-0.2, -0.15) is 0 Å². The van der Waals surface area contributed by atoms with Gasteiger partial charge in [0, 0.05) is 0 Å². The fraction of sp³-hybridized carbons (Fsp3) is 0.500. The molecule has 2 saturated heterocycles. The molecule has 0 bridgehead atoms. The molecule has 236 valence electrons. The van der Waals surface area contributed by atoms with E-state index in [1.54, 1.807) is 0 Å². The zero-order valence-corrected chi connectivity index (χ0v) is 24.6. The molecule has 2 heterocycles. The van der Waals surface area contributed by atoms with Crippen LogP contribution in [0.4, 0.5) is 0 Å². The first-order valence-corrected chi connectivity index (χ1v) is 14.8. The number of aliphatic carboxylic acids is 4. The average molecular weight is 601 g/mol. The van der Waals surface area contributed by atoms with Crippen LogP contribution in [0, 0.1) is 5.92 Å². The predicted molar refractivity (Wildman–Crippen MR) is 161 cm³/mol. The van der Waals surface area contributed by atoms with Gasteiger partial charge >= 0.3 is 23.9 Å². The molecular weight excluding hydrogens is 556 g/mol. The molecule has 0 spiro atoms. The van der Waals surface area contributed by atoms with E-state index < -0.39 is 23.9 Å². The number of carboxylic acid groups (broad SMARTS) is 4. The molecule has 43 heavy (non-hydrogen) atoms. The third-order valence-corrected chi connectivity index (χ3v) is 7.38. The van der Waals surface area contributed by atoms with Crippen LogP contribution in [0.15, 0.2) is 48.5 Å². The third kappa shape index (κ3) is 15.2. The molecule has 2 aliphatic rings. The second kappa shape index (κ2) is 20.0. The van der Waals surface area contributed by atoms with Crippen molar-refractivity contribution in [2.24, 2.45) is 5.92 Å². The summed E-state index contributed by atoms with van der Waals surface area (Å²) in [4.78, 5) is 39.0. The molecule has 0 unspecified atom stereocenters. The molecular formula is C32H44N2O9. The number of piperidine rings is 2. The van der Waals surface area contributed by atoms with E-state index in [0.717, 1.165) is 24.7 Å². The Labute approximate surface area is 252 Å². The van der Waals surface area contributed by atoms with Gasteiger partial charge in [0.25, 0.3) is 0 Å². The monoisotopic (exact) mass is 600 g/mol. The summed E-state index contributed by atoms with van der Waals surface area (Å²) in [5.41, 5.74) is 4.01. The van der Waals surface area contributed by atoms with Gasteiger partial charge in [0.15, 0.2) is 0 Å². The molecule has 0 radical (unpaired) electrons. The van der Waals surface area contributed by atoms with Gasteiger partial charge in [0.1, 0.15) is 5.75 Å². The number of aryl methyl sites for hydroxylation is 1. The average Bonchev–Trinajstić information content (AvgIpc) is 3.01. The number of hydrogen-bond donors (Lipinski definition) is 5. The number of carbonyl (C=O) groups is 4. The molecule has 2 aromatic carbocycles. The highest BCUT2D eigenvalue weighted by Crippen LogP contribution is 2.24. The molecule has 0 aromatic heterocycles. The topological polar surface area (TPSA) is 174 Å². The number of rotatable bonds is 10. The van der Waals surface area contributed by atoms with Crippen molar-refractivity contribution >= 4 is 23.9 Å². The van der Waals surface area contributed by atoms with Crippen molar-refractivity contribution in [3.8, 4) is 16.9 Å². The van der Waals surface area contributed by atoms with E-state index >= 15 is 0 Å². The zero-order chi connectivity index (χ0) is 31.5. The van der Waals surface area contributed by atoms with Gasteiger partial charge in [-0.15, -0.1) is 0 Å². The number of likely N-dealkylation sites (tertiary alicyclic amines) is 1. The second-order valence-corrected chi connectivity index (χ2v) is 10.6. The highest BCUT2D eigenvalue weighted by molar-refractivity contribution is 6.27. The summed E-state index contributed by atoms with van der Waals surface area (Å²) in [6.07, 6.45) is 11.7. The van der Waals surface area contributed by atoms with Crippen molar-refractivity contribution in [2.45, 2.75) is 57.8 Å². The van der Waals surface area contributed by atoms with Crippen molar-refractivity contribution in [3.63, 3.8) is 0 Å². The van der Waals surface area contributed by atoms with Crippen LogP contribution in [0.5, 0.6) is 5.75 Å². The molecule has 0 aliphatic carbocycles. The Hall–Kier alpha value is -3.96. The maximum Gasteiger partial charge on any atom is 0.414 e. The van der Waals surface area contributed by atoms with Crippen molar-refractivity contribution < 1.29 is 44.3 Å². The van der Waals surface area contributed by atoms with E-state index in [0.29, 0.717) is 0 Å². The Morgan fingerprint density at radius 1 is 0.721 bits per heavy atom. The van der Waals surface area contributed by atoms with Crippen LogP contribution in [0.25, 0.3) is 11.1 Å². The largest absolute Gasteiger partial charge is 0.494 e. The van der Waals surface area contributed by atoms with Crippen LogP contribution in [0.2, 0.25) is 0 Å². The van der Waals surface area contributed by atoms with E-state index in [1.165, 1.54) is 101 Å². The van der Waals surface area contributed by atoms with Gasteiger partial charge in [0.2, 0.25) is 0 Å². The number of carboxylic acids is 4. The van der Waals surface area contributed by atoms with Crippen molar-refractivity contribution in [1.82, 2.24) is 10.2 Å². The highest BCUT2D eigenvalue weighted by atomic mass is 16.5. The molecule has 0 saturated carbocycles. The van der Waals surface area contributed by atoms with E-state index in [9.17, 15) is 0 Å². The lowest BCUT2D eigenvalue weighted by molar-refractivity contribution is -0.159. The van der Waals surface area contributed by atoms with Gasteiger partial charge in [-0.25, -0.2) is 19.2 Å². The molecule has 11 nitrogen and oxygen atoms in total. The smallest absolute Gasteiger partial charge is 0.414 e. The molecule has 4 rings (SSSR count). The lowest BCUT2D eigenvalue weighted by Gasteiger charge is -2.26. The van der Waals surface area contributed by atoms with Crippen LogP contribution in [-0.2, 0) is 25.6 Å². The molecule has 5 N–H and O–H groups in total. The molecule has 2 aromatic rings. The summed E-state index contributed by atoms with van der Waals surface area (Å²) >= 11 is 0. The third-order valence-electron chi connectivity index (χ3n) is 7.38. The predicted octanol–water partition coefficient (Wildman–Crippen LogP) is 4.24. The van der Waals surface area contributed by atoms with Gasteiger partial charge < -0.3 is 35.4 Å². The minimum absolute atomic E-state index is 0.829. The van der Waals surface area contributed by atoms with E-state index in [1.807, 2.05) is 0 Å². The van der Waals surface area contributed by atoms with Crippen LogP contribution < -0.4 is 10.1 Å². The summed E-state index contributed by atoms with van der Waals surface area (Å²) in [7, 11) is 0. The number of nitrogens with zero attached hydrogens (tertiary/aromatic N) is 1. The lowest BCUT2D eigenvalue weighted by Crippen LogP contribution is -2.30. The standard InChI is InChI=1S/C28H40N2O.2C2H2O4/c1-2-20-30(21-3-1)22-4-6-24-8-10-26(11-9-24)27-12-14-28(15-13-27)31-23-5-7-25-16-18-29-19-17-25;2*3-1(4)2(5)6/h8-15,25,29H,1-7,16-23H2;2*(H,3,4)(H,5,6). The first kappa shape index (κ1) is 35.2. The van der Waals surface area contributed by atoms with E-state index in [-0.39, 0.29) is 0 Å². The summed E-state index contributed by atoms with van der Waals surface area (Å²) < 4.78 is 5.98. The SMILES string of the molecule is O=C(O)C(=O)O.O=C(O)C(=O)O.c1cc(-c2ccc(OCCCC3CCNCC3)cc2)ccc1CCCN1CCCCC1. The minimum Gasteiger partial charge on any atom is -0.494 e. The Kier molecular flexibility index (Phi) is 16.4. The fourth-order valence-corrected chi connectivity index (χ4v) is 5.03. The van der Waals surface area contributed by atoms with Crippen LogP contribution in [0.3, 0.4) is 0 Å². The second-order valence-electron chi connectivity index (χ2n) is 10.6. The van der Waals surface area contributed by atoms with Gasteiger partial charge in [-0.05, 0) is 119 Å². The van der Waals surface area contributed by atoms with Crippen LogP contribution in [0.1, 0.15) is 56.9 Å². The molecule has 2 fully saturated rings. The summed E-state index contributed by atoms with van der Waals surface area (Å²) in [5, 5.41) is 33.0. The summed E-state index contributed by atoms with van der Waals surface area (Å²) in [5.74, 6) is -5.42. The number of benzene rings is 2. The first-order valence-electron chi connectivity index (χ1n) is 14.8.